The molecule has 1 heterocycles. The van der Waals surface area contributed by atoms with Gasteiger partial charge in [0.15, 0.2) is 0 Å². The van der Waals surface area contributed by atoms with Crippen LogP contribution in [-0.2, 0) is 17.4 Å². The molecule has 2 rings (SSSR count). The van der Waals surface area contributed by atoms with Crippen molar-refractivity contribution in [2.24, 2.45) is 0 Å². The van der Waals surface area contributed by atoms with E-state index in [0.29, 0.717) is 15.6 Å². The summed E-state index contributed by atoms with van der Waals surface area (Å²) in [5.74, 6) is -0.588. The first-order chi connectivity index (χ1) is 9.77. The highest BCUT2D eigenvalue weighted by molar-refractivity contribution is 7.15. The molecule has 0 aliphatic carbocycles. The van der Waals surface area contributed by atoms with Gasteiger partial charge in [0.05, 0.1) is 6.42 Å². The number of rotatable bonds is 3. The molecule has 1 N–H and O–H groups in total. The first-order valence-electron chi connectivity index (χ1n) is 5.41. The van der Waals surface area contributed by atoms with E-state index in [1.54, 1.807) is 18.2 Å². The summed E-state index contributed by atoms with van der Waals surface area (Å²) in [5, 5.41) is 7.67. The highest BCUT2D eigenvalue weighted by Gasteiger charge is 2.35. The summed E-state index contributed by atoms with van der Waals surface area (Å²) in [5.41, 5.74) is 0.388. The average molecular weight is 356 g/mol. The van der Waals surface area contributed by atoms with E-state index in [2.05, 4.69) is 15.5 Å². The number of hydrogen-bond donors (Lipinski definition) is 1. The first-order valence-corrected chi connectivity index (χ1v) is 6.98. The van der Waals surface area contributed by atoms with Crippen LogP contribution < -0.4 is 5.32 Å². The summed E-state index contributed by atoms with van der Waals surface area (Å²) in [6.45, 7) is 0. The summed E-state index contributed by atoms with van der Waals surface area (Å²) in [4.78, 5) is 11.8. The Hall–Kier alpha value is -1.38. The van der Waals surface area contributed by atoms with Gasteiger partial charge in [-0.1, -0.05) is 40.6 Å². The molecule has 112 valence electrons. The van der Waals surface area contributed by atoms with E-state index < -0.39 is 17.1 Å². The third-order valence-electron chi connectivity index (χ3n) is 2.31. The number of carbonyl (C=O) groups excluding carboxylic acids is 1. The van der Waals surface area contributed by atoms with E-state index in [1.807, 2.05) is 0 Å². The van der Waals surface area contributed by atoms with E-state index in [9.17, 15) is 18.0 Å². The minimum Gasteiger partial charge on any atom is -0.300 e. The van der Waals surface area contributed by atoms with Gasteiger partial charge in [-0.05, 0) is 17.7 Å². The van der Waals surface area contributed by atoms with Gasteiger partial charge < -0.3 is 5.32 Å². The zero-order valence-electron chi connectivity index (χ0n) is 10.0. The fourth-order valence-corrected chi connectivity index (χ4v) is 2.57. The second-order valence-corrected chi connectivity index (χ2v) is 5.63. The van der Waals surface area contributed by atoms with Crippen LogP contribution in [0.1, 0.15) is 10.6 Å². The van der Waals surface area contributed by atoms with Gasteiger partial charge in [0.25, 0.3) is 0 Å². The van der Waals surface area contributed by atoms with E-state index in [0.717, 1.165) is 0 Å². The van der Waals surface area contributed by atoms with Crippen LogP contribution in [0.15, 0.2) is 18.2 Å². The topological polar surface area (TPSA) is 54.9 Å². The highest BCUT2D eigenvalue weighted by Crippen LogP contribution is 2.33. The second kappa shape index (κ2) is 6.17. The summed E-state index contributed by atoms with van der Waals surface area (Å²) >= 11 is 12.0. The minimum atomic E-state index is -4.59. The maximum absolute atomic E-state index is 12.4. The molecular weight excluding hydrogens is 350 g/mol. The molecule has 1 aromatic heterocycles. The number of carbonyl (C=O) groups is 1. The normalized spacial score (nSPS) is 11.5. The predicted molar refractivity (Wildman–Crippen MR) is 73.7 cm³/mol. The Balaban J connectivity index is 2.07. The Morgan fingerprint density at radius 2 is 1.86 bits per heavy atom. The van der Waals surface area contributed by atoms with Crippen molar-refractivity contribution >= 4 is 45.6 Å². The fourth-order valence-electron chi connectivity index (χ4n) is 1.41. The molecule has 0 aliphatic heterocycles. The molecule has 0 unspecified atom stereocenters. The molecule has 2 aromatic rings. The Morgan fingerprint density at radius 1 is 1.24 bits per heavy atom. The summed E-state index contributed by atoms with van der Waals surface area (Å²) < 4.78 is 37.1. The molecule has 0 atom stereocenters. The number of hydrogen-bond acceptors (Lipinski definition) is 4. The largest absolute Gasteiger partial charge is 0.445 e. The molecule has 21 heavy (non-hydrogen) atoms. The fraction of sp³-hybridized carbons (Fsp3) is 0.182. The summed E-state index contributed by atoms with van der Waals surface area (Å²) in [6.07, 6.45) is -4.77. The average Bonchev–Trinajstić information content (AvgIpc) is 2.82. The number of nitrogens with zero attached hydrogens (tertiary/aromatic N) is 2. The summed E-state index contributed by atoms with van der Waals surface area (Å²) in [6, 6.07) is 4.73. The van der Waals surface area contributed by atoms with Crippen molar-refractivity contribution in [3.05, 3.63) is 38.8 Å². The number of aromatic nitrogens is 2. The van der Waals surface area contributed by atoms with Gasteiger partial charge in [-0.2, -0.15) is 13.2 Å². The van der Waals surface area contributed by atoms with Crippen LogP contribution in [0.5, 0.6) is 0 Å². The van der Waals surface area contributed by atoms with Gasteiger partial charge >= 0.3 is 6.18 Å². The van der Waals surface area contributed by atoms with Gasteiger partial charge in [-0.3, -0.25) is 4.79 Å². The van der Waals surface area contributed by atoms with Crippen LogP contribution in [-0.4, -0.2) is 16.1 Å². The van der Waals surface area contributed by atoms with Crippen molar-refractivity contribution in [3.63, 3.8) is 0 Å². The molecule has 1 aromatic carbocycles. The number of halogens is 5. The van der Waals surface area contributed by atoms with Crippen molar-refractivity contribution in [1.29, 1.82) is 0 Å². The number of anilines is 1. The molecular formula is C11H6Cl2F3N3OS. The van der Waals surface area contributed by atoms with Crippen molar-refractivity contribution in [1.82, 2.24) is 10.2 Å². The van der Waals surface area contributed by atoms with Gasteiger partial charge in [0, 0.05) is 10.0 Å². The van der Waals surface area contributed by atoms with Gasteiger partial charge in [-0.25, -0.2) is 0 Å². The van der Waals surface area contributed by atoms with Crippen LogP contribution in [0.3, 0.4) is 0 Å². The Bertz CT molecular complexity index is 655. The van der Waals surface area contributed by atoms with Crippen molar-refractivity contribution in [3.8, 4) is 0 Å². The lowest BCUT2D eigenvalue weighted by atomic mass is 10.1. The van der Waals surface area contributed by atoms with Gasteiger partial charge in [0.2, 0.25) is 16.0 Å². The van der Waals surface area contributed by atoms with E-state index in [-0.39, 0.29) is 22.9 Å². The number of amides is 1. The van der Waals surface area contributed by atoms with E-state index in [1.165, 1.54) is 0 Å². The number of benzene rings is 1. The number of nitrogens with one attached hydrogen (secondary N) is 1. The molecule has 1 amide bonds. The van der Waals surface area contributed by atoms with Gasteiger partial charge in [-0.15, -0.1) is 10.2 Å². The van der Waals surface area contributed by atoms with Crippen LogP contribution in [0.25, 0.3) is 0 Å². The lowest BCUT2D eigenvalue weighted by Crippen LogP contribution is -2.14. The Morgan fingerprint density at radius 3 is 2.38 bits per heavy atom. The molecule has 0 aliphatic rings. The van der Waals surface area contributed by atoms with Crippen LogP contribution in [0.2, 0.25) is 10.0 Å². The molecule has 0 saturated heterocycles. The highest BCUT2D eigenvalue weighted by atomic mass is 35.5. The minimum absolute atomic E-state index is 0.181. The molecule has 0 saturated carbocycles. The van der Waals surface area contributed by atoms with Crippen molar-refractivity contribution in [2.45, 2.75) is 12.6 Å². The molecule has 0 spiro atoms. The van der Waals surface area contributed by atoms with Crippen LogP contribution >= 0.6 is 34.5 Å². The van der Waals surface area contributed by atoms with Crippen molar-refractivity contribution in [2.75, 3.05) is 5.32 Å². The molecule has 0 radical (unpaired) electrons. The van der Waals surface area contributed by atoms with Crippen LogP contribution in [0.4, 0.5) is 18.3 Å². The Labute approximate surface area is 130 Å². The lowest BCUT2D eigenvalue weighted by Gasteiger charge is -2.06. The predicted octanol–water partition coefficient (Wildman–Crippen LogP) is 4.04. The van der Waals surface area contributed by atoms with Crippen LogP contribution in [0, 0.1) is 0 Å². The smallest absolute Gasteiger partial charge is 0.300 e. The van der Waals surface area contributed by atoms with Gasteiger partial charge in [0.1, 0.15) is 0 Å². The second-order valence-electron chi connectivity index (χ2n) is 3.84. The molecule has 10 heteroatoms. The summed E-state index contributed by atoms with van der Waals surface area (Å²) in [7, 11) is 0. The molecule has 0 bridgehead atoms. The zero-order chi connectivity index (χ0) is 15.6. The standard InChI is InChI=1S/C11H6Cl2F3N3OS/c12-6-2-1-3-7(13)5(6)4-8(20)17-10-19-18-9(21-10)11(14,15)16/h1-3H,4H2,(H,17,19,20). The SMILES string of the molecule is O=C(Cc1c(Cl)cccc1Cl)Nc1nnc(C(F)(F)F)s1. The maximum Gasteiger partial charge on any atom is 0.445 e. The molecule has 4 nitrogen and oxygen atoms in total. The van der Waals surface area contributed by atoms with E-state index in [4.69, 9.17) is 23.2 Å². The monoisotopic (exact) mass is 355 g/mol. The lowest BCUT2D eigenvalue weighted by molar-refractivity contribution is -0.138. The number of alkyl halides is 3. The quantitative estimate of drug-likeness (QED) is 0.903. The third kappa shape index (κ3) is 4.05. The van der Waals surface area contributed by atoms with E-state index >= 15 is 0 Å². The maximum atomic E-state index is 12.4. The third-order valence-corrected chi connectivity index (χ3v) is 3.90. The zero-order valence-corrected chi connectivity index (χ0v) is 12.4. The first kappa shape index (κ1) is 16.0. The Kier molecular flexibility index (Phi) is 4.70. The van der Waals surface area contributed by atoms with Crippen molar-refractivity contribution < 1.29 is 18.0 Å². The molecule has 0 fully saturated rings.